The van der Waals surface area contributed by atoms with Crippen LogP contribution in [0, 0.1) is 13.8 Å². The fourth-order valence-corrected chi connectivity index (χ4v) is 2.50. The Kier molecular flexibility index (Phi) is 3.54. The molecule has 6 heteroatoms. The molecule has 0 saturated heterocycles. The van der Waals surface area contributed by atoms with E-state index in [9.17, 15) is 4.79 Å². The minimum absolute atomic E-state index is 0.247. The molecule has 0 unspecified atom stereocenters. The van der Waals surface area contributed by atoms with Crippen LogP contribution in [-0.4, -0.2) is 16.1 Å². The molecule has 0 radical (unpaired) electrons. The molecule has 2 rings (SSSR count). The number of carbonyl (C=O) groups is 1. The fraction of sp³-hybridized carbons (Fsp3) is 0.167. The molecule has 1 aromatic carbocycles. The van der Waals surface area contributed by atoms with Crippen molar-refractivity contribution in [3.63, 3.8) is 0 Å². The molecule has 1 aromatic heterocycles. The maximum Gasteiger partial charge on any atom is 0.347 e. The van der Waals surface area contributed by atoms with Crippen LogP contribution < -0.4 is 5.32 Å². The summed E-state index contributed by atoms with van der Waals surface area (Å²) in [5, 5.41) is 13.3. The minimum atomic E-state index is -0.958. The summed E-state index contributed by atoms with van der Waals surface area (Å²) in [5.74, 6) is -0.958. The highest BCUT2D eigenvalue weighted by Gasteiger charge is 2.14. The molecular formula is C12H11ClN2O2S. The monoisotopic (exact) mass is 282 g/mol. The van der Waals surface area contributed by atoms with E-state index in [1.165, 1.54) is 0 Å². The number of hydrogen-bond donors (Lipinski definition) is 2. The van der Waals surface area contributed by atoms with Gasteiger partial charge in [-0.2, -0.15) is 0 Å². The van der Waals surface area contributed by atoms with Crippen LogP contribution in [0.25, 0.3) is 0 Å². The first-order valence-corrected chi connectivity index (χ1v) is 6.41. The first-order valence-electron chi connectivity index (χ1n) is 5.22. The van der Waals surface area contributed by atoms with Crippen LogP contribution in [0.2, 0.25) is 5.02 Å². The van der Waals surface area contributed by atoms with E-state index in [1.807, 2.05) is 19.1 Å². The van der Waals surface area contributed by atoms with Crippen LogP contribution in [-0.2, 0) is 0 Å². The van der Waals surface area contributed by atoms with Crippen molar-refractivity contribution in [1.29, 1.82) is 0 Å². The van der Waals surface area contributed by atoms with Crippen LogP contribution in [0.5, 0.6) is 0 Å². The average molecular weight is 283 g/mol. The summed E-state index contributed by atoms with van der Waals surface area (Å²) in [7, 11) is 0. The minimum Gasteiger partial charge on any atom is -0.477 e. The molecule has 18 heavy (non-hydrogen) atoms. The van der Waals surface area contributed by atoms with Gasteiger partial charge in [0.25, 0.3) is 0 Å². The van der Waals surface area contributed by atoms with Crippen LogP contribution in [0.3, 0.4) is 0 Å². The molecule has 0 atom stereocenters. The van der Waals surface area contributed by atoms with E-state index in [0.29, 0.717) is 15.8 Å². The maximum atomic E-state index is 10.9. The normalized spacial score (nSPS) is 10.4. The third-order valence-electron chi connectivity index (χ3n) is 2.50. The Morgan fingerprint density at radius 3 is 2.78 bits per heavy atom. The highest BCUT2D eigenvalue weighted by atomic mass is 35.5. The van der Waals surface area contributed by atoms with Crippen molar-refractivity contribution in [2.24, 2.45) is 0 Å². The molecule has 94 valence electrons. The number of aromatic carboxylic acids is 1. The van der Waals surface area contributed by atoms with Gasteiger partial charge in [0.2, 0.25) is 0 Å². The van der Waals surface area contributed by atoms with Gasteiger partial charge in [-0.3, -0.25) is 0 Å². The number of benzene rings is 1. The lowest BCUT2D eigenvalue weighted by Crippen LogP contribution is -1.94. The molecule has 2 aromatic rings. The molecule has 0 spiro atoms. The summed E-state index contributed by atoms with van der Waals surface area (Å²) in [6, 6.07) is 5.51. The molecule has 0 bridgehead atoms. The van der Waals surface area contributed by atoms with Gasteiger partial charge in [-0.1, -0.05) is 29.0 Å². The van der Waals surface area contributed by atoms with Crippen molar-refractivity contribution in [2.75, 3.05) is 5.32 Å². The lowest BCUT2D eigenvalue weighted by molar-refractivity contribution is 0.0701. The Morgan fingerprint density at radius 1 is 1.44 bits per heavy atom. The molecule has 0 amide bonds. The van der Waals surface area contributed by atoms with E-state index >= 15 is 0 Å². The largest absolute Gasteiger partial charge is 0.477 e. The molecular weight excluding hydrogens is 272 g/mol. The zero-order chi connectivity index (χ0) is 13.3. The highest BCUT2D eigenvalue weighted by molar-refractivity contribution is 7.17. The second-order valence-corrected chi connectivity index (χ2v) is 5.18. The van der Waals surface area contributed by atoms with Gasteiger partial charge in [0.15, 0.2) is 5.13 Å². The van der Waals surface area contributed by atoms with Gasteiger partial charge < -0.3 is 10.4 Å². The highest BCUT2D eigenvalue weighted by Crippen LogP contribution is 2.29. The number of carboxylic acid groups (broad SMARTS) is 1. The Bertz CT molecular complexity index is 610. The summed E-state index contributed by atoms with van der Waals surface area (Å²) >= 11 is 7.13. The average Bonchev–Trinajstić information content (AvgIpc) is 2.66. The lowest BCUT2D eigenvalue weighted by Gasteiger charge is -2.07. The van der Waals surface area contributed by atoms with E-state index in [4.69, 9.17) is 16.7 Å². The summed E-state index contributed by atoms with van der Waals surface area (Å²) in [6.07, 6.45) is 0. The number of anilines is 2. The summed E-state index contributed by atoms with van der Waals surface area (Å²) in [4.78, 5) is 15.4. The van der Waals surface area contributed by atoms with Crippen molar-refractivity contribution in [1.82, 2.24) is 4.98 Å². The smallest absolute Gasteiger partial charge is 0.347 e. The van der Waals surface area contributed by atoms with Gasteiger partial charge >= 0.3 is 5.97 Å². The van der Waals surface area contributed by atoms with Gasteiger partial charge in [0.05, 0.1) is 5.69 Å². The third-order valence-corrected chi connectivity index (χ3v) is 3.97. The lowest BCUT2D eigenvalue weighted by atomic mass is 10.2. The van der Waals surface area contributed by atoms with Crippen molar-refractivity contribution in [3.8, 4) is 0 Å². The standard InChI is InChI=1S/C12H11ClN2O2S/c1-6-8(13)4-3-5-9(6)15-12-14-7(2)10(18-12)11(16)17/h3-5H,1-2H3,(H,14,15)(H,16,17). The van der Waals surface area contributed by atoms with E-state index in [-0.39, 0.29) is 4.88 Å². The number of aryl methyl sites for hydroxylation is 1. The third kappa shape index (κ3) is 2.47. The quantitative estimate of drug-likeness (QED) is 0.897. The second kappa shape index (κ2) is 4.96. The number of nitrogens with zero attached hydrogens (tertiary/aromatic N) is 1. The predicted molar refractivity (Wildman–Crippen MR) is 73.3 cm³/mol. The SMILES string of the molecule is Cc1nc(Nc2cccc(Cl)c2C)sc1C(=O)O. The van der Waals surface area contributed by atoms with Crippen molar-refractivity contribution < 1.29 is 9.90 Å². The molecule has 0 aliphatic heterocycles. The Morgan fingerprint density at radius 2 is 2.17 bits per heavy atom. The van der Waals surface area contributed by atoms with Gasteiger partial charge in [0, 0.05) is 10.7 Å². The molecule has 1 heterocycles. The Hall–Kier alpha value is -1.59. The molecule has 0 aliphatic carbocycles. The summed E-state index contributed by atoms with van der Waals surface area (Å²) < 4.78 is 0. The van der Waals surface area contributed by atoms with Crippen molar-refractivity contribution in [3.05, 3.63) is 39.4 Å². The number of hydrogen-bond acceptors (Lipinski definition) is 4. The van der Waals surface area contributed by atoms with E-state index in [1.54, 1.807) is 13.0 Å². The van der Waals surface area contributed by atoms with Gasteiger partial charge in [-0.05, 0) is 31.5 Å². The van der Waals surface area contributed by atoms with Crippen LogP contribution in [0.15, 0.2) is 18.2 Å². The summed E-state index contributed by atoms with van der Waals surface area (Å²) in [5.41, 5.74) is 2.24. The van der Waals surface area contributed by atoms with Gasteiger partial charge in [-0.25, -0.2) is 9.78 Å². The number of nitrogens with one attached hydrogen (secondary N) is 1. The first-order chi connectivity index (χ1) is 8.49. The number of carboxylic acids is 1. The molecule has 0 saturated carbocycles. The molecule has 0 fully saturated rings. The molecule has 0 aliphatic rings. The van der Waals surface area contributed by atoms with E-state index in [2.05, 4.69) is 10.3 Å². The van der Waals surface area contributed by atoms with E-state index in [0.717, 1.165) is 22.6 Å². The van der Waals surface area contributed by atoms with Crippen LogP contribution in [0.4, 0.5) is 10.8 Å². The second-order valence-electron chi connectivity index (χ2n) is 3.78. The zero-order valence-electron chi connectivity index (χ0n) is 9.82. The maximum absolute atomic E-state index is 10.9. The molecule has 4 nitrogen and oxygen atoms in total. The van der Waals surface area contributed by atoms with Gasteiger partial charge in [0.1, 0.15) is 4.88 Å². The number of thiazole rings is 1. The predicted octanol–water partition coefficient (Wildman–Crippen LogP) is 3.86. The summed E-state index contributed by atoms with van der Waals surface area (Å²) in [6.45, 7) is 3.57. The Balaban J connectivity index is 2.32. The Labute approximate surface area is 113 Å². The number of halogens is 1. The van der Waals surface area contributed by atoms with Crippen molar-refractivity contribution in [2.45, 2.75) is 13.8 Å². The topological polar surface area (TPSA) is 62.2 Å². The number of aromatic nitrogens is 1. The molecule has 2 N–H and O–H groups in total. The fourth-order valence-electron chi connectivity index (χ4n) is 1.51. The zero-order valence-corrected chi connectivity index (χ0v) is 11.4. The van der Waals surface area contributed by atoms with Crippen LogP contribution >= 0.6 is 22.9 Å². The van der Waals surface area contributed by atoms with E-state index < -0.39 is 5.97 Å². The first kappa shape index (κ1) is 12.9. The number of rotatable bonds is 3. The van der Waals surface area contributed by atoms with Gasteiger partial charge in [-0.15, -0.1) is 0 Å². The van der Waals surface area contributed by atoms with Crippen molar-refractivity contribution >= 4 is 39.7 Å². The van der Waals surface area contributed by atoms with Crippen LogP contribution in [0.1, 0.15) is 20.9 Å².